The van der Waals surface area contributed by atoms with E-state index in [1.54, 1.807) is 13.1 Å². The van der Waals surface area contributed by atoms with Gasteiger partial charge in [0.15, 0.2) is 16.6 Å². The number of fused-ring (bicyclic) bond motifs is 1. The number of aryl methyl sites for hydroxylation is 1. The molecule has 6 heteroatoms. The molecule has 0 N–H and O–H groups in total. The molecule has 0 radical (unpaired) electrons. The second kappa shape index (κ2) is 5.13. The number of thiazole rings is 1. The predicted octanol–water partition coefficient (Wildman–Crippen LogP) is 2.25. The molecule has 0 aliphatic carbocycles. The fraction of sp³-hybridized carbons (Fsp3) is 0.286. The van der Waals surface area contributed by atoms with Crippen LogP contribution in [0.1, 0.15) is 5.69 Å². The molecule has 0 fully saturated rings. The first-order valence-electron chi connectivity index (χ1n) is 6.23. The van der Waals surface area contributed by atoms with Gasteiger partial charge in [0.05, 0.1) is 5.69 Å². The molecule has 20 heavy (non-hydrogen) atoms. The molecule has 1 aliphatic rings. The normalized spacial score (nSPS) is 16.8. The lowest BCUT2D eigenvalue weighted by Gasteiger charge is -2.27. The predicted molar refractivity (Wildman–Crippen MR) is 76.6 cm³/mol. The van der Waals surface area contributed by atoms with Crippen molar-refractivity contribution in [3.8, 4) is 11.5 Å². The van der Waals surface area contributed by atoms with E-state index >= 15 is 0 Å². The Bertz CT molecular complexity index is 641. The fourth-order valence-electron chi connectivity index (χ4n) is 1.95. The van der Waals surface area contributed by atoms with Gasteiger partial charge >= 0.3 is 0 Å². The van der Waals surface area contributed by atoms with E-state index in [2.05, 4.69) is 4.98 Å². The van der Waals surface area contributed by atoms with Crippen molar-refractivity contribution in [3.63, 3.8) is 0 Å². The number of carbonyl (C=O) groups is 1. The Labute approximate surface area is 120 Å². The molecule has 1 unspecified atom stereocenters. The smallest absolute Gasteiger partial charge is 0.273 e. The number of carbonyl (C=O) groups excluding carboxylic acids is 1. The number of amides is 1. The van der Waals surface area contributed by atoms with Crippen LogP contribution in [-0.2, 0) is 4.79 Å². The van der Waals surface area contributed by atoms with E-state index in [4.69, 9.17) is 9.47 Å². The van der Waals surface area contributed by atoms with Crippen LogP contribution in [0, 0.1) is 6.92 Å². The number of nitrogens with zero attached hydrogens (tertiary/aromatic N) is 2. The van der Waals surface area contributed by atoms with Crippen LogP contribution < -0.4 is 14.4 Å². The third-order valence-electron chi connectivity index (χ3n) is 3.01. The monoisotopic (exact) mass is 290 g/mol. The van der Waals surface area contributed by atoms with Crippen molar-refractivity contribution in [2.45, 2.75) is 13.0 Å². The molecule has 0 spiro atoms. The van der Waals surface area contributed by atoms with Crippen molar-refractivity contribution < 1.29 is 14.3 Å². The van der Waals surface area contributed by atoms with Crippen molar-refractivity contribution in [1.29, 1.82) is 0 Å². The number of hydrogen-bond acceptors (Lipinski definition) is 5. The Balaban J connectivity index is 1.76. The molecular formula is C14H14N2O3S. The van der Waals surface area contributed by atoms with E-state index in [-0.39, 0.29) is 12.5 Å². The van der Waals surface area contributed by atoms with Gasteiger partial charge in [0.1, 0.15) is 6.61 Å². The number of benzene rings is 1. The van der Waals surface area contributed by atoms with Crippen LogP contribution in [0.15, 0.2) is 29.6 Å². The number of anilines is 1. The number of hydrogen-bond donors (Lipinski definition) is 0. The highest BCUT2D eigenvalue weighted by Gasteiger charge is 2.31. The van der Waals surface area contributed by atoms with Crippen LogP contribution in [0.4, 0.5) is 5.13 Å². The summed E-state index contributed by atoms with van der Waals surface area (Å²) in [6.45, 7) is 2.11. The third kappa shape index (κ3) is 2.34. The summed E-state index contributed by atoms with van der Waals surface area (Å²) < 4.78 is 11.3. The second-order valence-corrected chi connectivity index (χ2v) is 5.37. The number of rotatable bonds is 2. The molecule has 104 valence electrons. The lowest BCUT2D eigenvalue weighted by Crippen LogP contribution is -2.45. The Morgan fingerprint density at radius 3 is 2.85 bits per heavy atom. The summed E-state index contributed by atoms with van der Waals surface area (Å²) in [6, 6.07) is 7.34. The molecular weight excluding hydrogens is 276 g/mol. The highest BCUT2D eigenvalue weighted by Crippen LogP contribution is 2.31. The van der Waals surface area contributed by atoms with Crippen LogP contribution in [0.25, 0.3) is 0 Å². The van der Waals surface area contributed by atoms with E-state index in [1.807, 2.05) is 30.5 Å². The van der Waals surface area contributed by atoms with Gasteiger partial charge in [-0.05, 0) is 19.1 Å². The fourth-order valence-corrected chi connectivity index (χ4v) is 2.72. The van der Waals surface area contributed by atoms with Crippen LogP contribution in [0.2, 0.25) is 0 Å². The molecule has 1 amide bonds. The molecule has 1 aliphatic heterocycles. The maximum absolute atomic E-state index is 12.4. The Morgan fingerprint density at radius 2 is 2.15 bits per heavy atom. The average Bonchev–Trinajstić information content (AvgIpc) is 2.92. The summed E-state index contributed by atoms with van der Waals surface area (Å²) >= 11 is 1.43. The minimum Gasteiger partial charge on any atom is -0.485 e. The van der Waals surface area contributed by atoms with Gasteiger partial charge in [-0.25, -0.2) is 4.98 Å². The van der Waals surface area contributed by atoms with Gasteiger partial charge in [0.2, 0.25) is 6.10 Å². The second-order valence-electron chi connectivity index (χ2n) is 4.53. The van der Waals surface area contributed by atoms with E-state index in [1.165, 1.54) is 16.2 Å². The van der Waals surface area contributed by atoms with Crippen molar-refractivity contribution in [2.24, 2.45) is 0 Å². The quantitative estimate of drug-likeness (QED) is 0.851. The Hall–Kier alpha value is -2.08. The van der Waals surface area contributed by atoms with Gasteiger partial charge in [0, 0.05) is 12.4 Å². The molecule has 2 heterocycles. The number of para-hydroxylation sites is 2. The van der Waals surface area contributed by atoms with Gasteiger partial charge in [-0.3, -0.25) is 9.69 Å². The molecule has 0 saturated heterocycles. The van der Waals surface area contributed by atoms with Gasteiger partial charge in [0.25, 0.3) is 5.91 Å². The zero-order valence-corrected chi connectivity index (χ0v) is 12.0. The molecule has 0 saturated carbocycles. The molecule has 3 rings (SSSR count). The molecule has 5 nitrogen and oxygen atoms in total. The van der Waals surface area contributed by atoms with Crippen molar-refractivity contribution in [3.05, 3.63) is 35.3 Å². The zero-order chi connectivity index (χ0) is 14.1. The molecule has 2 aromatic rings. The standard InChI is InChI=1S/C14H14N2O3S/c1-9-8-20-14(15-9)16(2)13(17)12-7-18-10-5-3-4-6-11(10)19-12/h3-6,8,12H,7H2,1-2H3. The summed E-state index contributed by atoms with van der Waals surface area (Å²) in [7, 11) is 1.70. The molecule has 1 atom stereocenters. The summed E-state index contributed by atoms with van der Waals surface area (Å²) in [5, 5.41) is 2.57. The van der Waals surface area contributed by atoms with Crippen LogP contribution >= 0.6 is 11.3 Å². The van der Waals surface area contributed by atoms with E-state index < -0.39 is 6.10 Å². The lowest BCUT2D eigenvalue weighted by atomic mass is 10.2. The van der Waals surface area contributed by atoms with Crippen molar-refractivity contribution in [1.82, 2.24) is 4.98 Å². The first-order valence-corrected chi connectivity index (χ1v) is 7.11. The summed E-state index contributed by atoms with van der Waals surface area (Å²) in [5.41, 5.74) is 0.899. The van der Waals surface area contributed by atoms with Crippen molar-refractivity contribution in [2.75, 3.05) is 18.6 Å². The maximum Gasteiger partial charge on any atom is 0.273 e. The summed E-state index contributed by atoms with van der Waals surface area (Å²) in [5.74, 6) is 1.11. The molecule has 0 bridgehead atoms. The summed E-state index contributed by atoms with van der Waals surface area (Å²) in [6.07, 6.45) is -0.640. The van der Waals surface area contributed by atoms with Crippen LogP contribution in [-0.4, -0.2) is 30.6 Å². The topological polar surface area (TPSA) is 51.7 Å². The summed E-state index contributed by atoms with van der Waals surface area (Å²) in [4.78, 5) is 18.2. The van der Waals surface area contributed by atoms with Gasteiger partial charge in [-0.15, -0.1) is 11.3 Å². The van der Waals surface area contributed by atoms with Crippen molar-refractivity contribution >= 4 is 22.4 Å². The van der Waals surface area contributed by atoms with E-state index in [0.717, 1.165) is 5.69 Å². The van der Waals surface area contributed by atoms with Crippen LogP contribution in [0.5, 0.6) is 11.5 Å². The maximum atomic E-state index is 12.4. The lowest BCUT2D eigenvalue weighted by molar-refractivity contribution is -0.127. The van der Waals surface area contributed by atoms with Gasteiger partial charge < -0.3 is 9.47 Å². The highest BCUT2D eigenvalue weighted by molar-refractivity contribution is 7.14. The highest BCUT2D eigenvalue weighted by atomic mass is 32.1. The van der Waals surface area contributed by atoms with E-state index in [0.29, 0.717) is 16.6 Å². The third-order valence-corrected chi connectivity index (χ3v) is 4.04. The van der Waals surface area contributed by atoms with Gasteiger partial charge in [-0.1, -0.05) is 12.1 Å². The molecule has 1 aromatic carbocycles. The minimum atomic E-state index is -0.640. The largest absolute Gasteiger partial charge is 0.485 e. The van der Waals surface area contributed by atoms with Gasteiger partial charge in [-0.2, -0.15) is 0 Å². The van der Waals surface area contributed by atoms with E-state index in [9.17, 15) is 4.79 Å². The SMILES string of the molecule is Cc1csc(N(C)C(=O)C2COc3ccccc3O2)n1. The number of ether oxygens (including phenoxy) is 2. The number of likely N-dealkylation sites (N-methyl/N-ethyl adjacent to an activating group) is 1. The Kier molecular flexibility index (Phi) is 3.31. The zero-order valence-electron chi connectivity index (χ0n) is 11.2. The van der Waals surface area contributed by atoms with Crippen LogP contribution in [0.3, 0.4) is 0 Å². The number of aromatic nitrogens is 1. The first kappa shape index (κ1) is 12.9. The Morgan fingerprint density at radius 1 is 1.40 bits per heavy atom. The molecule has 1 aromatic heterocycles. The minimum absolute atomic E-state index is 0.158. The first-order chi connectivity index (χ1) is 9.65. The average molecular weight is 290 g/mol.